The molecule has 0 heterocycles. The molecule has 33 valence electrons. The Hall–Kier alpha value is 0.544. The number of nitrogens with two attached hydrogens (primary N) is 1. The number of rotatable bonds is 0. The van der Waals surface area contributed by atoms with Crippen LogP contribution in [0.4, 0.5) is 0 Å². The van der Waals surface area contributed by atoms with Crippen LogP contribution in [0.1, 0.15) is 13.8 Å². The molecule has 0 aromatic carbocycles. The van der Waals surface area contributed by atoms with Gasteiger partial charge in [0, 0.05) is 0 Å². The second-order valence-corrected chi connectivity index (χ2v) is 0. The van der Waals surface area contributed by atoms with E-state index in [1.165, 1.54) is 0 Å². The van der Waals surface area contributed by atoms with E-state index in [0.29, 0.717) is 0 Å². The summed E-state index contributed by atoms with van der Waals surface area (Å²) in [6, 6.07) is 0. The predicted molar refractivity (Wildman–Crippen MR) is 23.0 cm³/mol. The van der Waals surface area contributed by atoms with Crippen LogP contribution in [-0.4, -0.2) is 0 Å². The topological polar surface area (TPSA) is 33.5 Å². The van der Waals surface area contributed by atoms with Crippen molar-refractivity contribution in [2.75, 3.05) is 0 Å². The molecule has 0 fully saturated rings. The van der Waals surface area contributed by atoms with Gasteiger partial charge < -0.3 is 13.6 Å². The van der Waals surface area contributed by atoms with Crippen LogP contribution in [-0.2, 0) is 18.6 Å². The largest absolute Gasteiger partial charge is 2.00 e. The van der Waals surface area contributed by atoms with Crippen molar-refractivity contribution in [3.05, 3.63) is 13.6 Å². The van der Waals surface area contributed by atoms with Gasteiger partial charge in [0.15, 0.2) is 0 Å². The Labute approximate surface area is 46.6 Å². The van der Waals surface area contributed by atoms with Gasteiger partial charge in [-0.25, -0.2) is 0 Å². The Balaban J connectivity index is -0.00000000167. The Morgan fingerprint density at radius 3 is 1.00 bits per heavy atom. The van der Waals surface area contributed by atoms with Gasteiger partial charge in [-0.15, -0.1) is 0 Å². The Morgan fingerprint density at radius 1 is 1.00 bits per heavy atom. The molecule has 0 bridgehead atoms. The van der Waals surface area contributed by atoms with Crippen molar-refractivity contribution in [2.45, 2.75) is 13.8 Å². The molecule has 0 aliphatic carbocycles. The van der Waals surface area contributed by atoms with Crippen molar-refractivity contribution in [1.82, 2.24) is 0 Å². The molecule has 0 aliphatic rings. The summed E-state index contributed by atoms with van der Waals surface area (Å²) in [6.07, 6.45) is 0. The maximum Gasteiger partial charge on any atom is 2.00 e. The Kier molecular flexibility index (Phi) is 1850. The van der Waals surface area contributed by atoms with E-state index in [2.05, 4.69) is 0 Å². The zero-order chi connectivity index (χ0) is 2.00. The molecule has 0 aromatic rings. The first kappa shape index (κ1) is 48.0. The smallest absolute Gasteiger partial charge is 0.693 e. The van der Waals surface area contributed by atoms with Crippen LogP contribution in [0, 0.1) is 7.43 Å². The molecule has 0 atom stereocenters. The van der Waals surface area contributed by atoms with Crippen molar-refractivity contribution >= 4 is 0 Å². The quantitative estimate of drug-likeness (QED) is 0.430. The van der Waals surface area contributed by atoms with Gasteiger partial charge in [-0.2, -0.15) is 0 Å². The minimum Gasteiger partial charge on any atom is -0.693 e. The van der Waals surface area contributed by atoms with Gasteiger partial charge in [-0.05, 0) is 0 Å². The van der Waals surface area contributed by atoms with Gasteiger partial charge in [-0.1, -0.05) is 13.8 Å². The van der Waals surface area contributed by atoms with Gasteiger partial charge in [0.1, 0.15) is 0 Å². The second-order valence-electron chi connectivity index (χ2n) is 0. The second kappa shape index (κ2) is 193. The molecule has 0 saturated heterocycles. The van der Waals surface area contributed by atoms with Gasteiger partial charge in [0.25, 0.3) is 0 Å². The average molecular weight is 112 g/mol. The summed E-state index contributed by atoms with van der Waals surface area (Å²) in [6.45, 7) is 4.00. The molecule has 0 aliphatic heterocycles. The standard InChI is InChI=1S/C2H6.CH3.H2N.V/c1-2;;;/h1-2H3;1H3;1H2;/q;2*-1;+2. The van der Waals surface area contributed by atoms with Crippen LogP contribution in [0.15, 0.2) is 0 Å². The third kappa shape index (κ3) is 99.3. The van der Waals surface area contributed by atoms with Crippen molar-refractivity contribution in [1.29, 1.82) is 0 Å². The summed E-state index contributed by atoms with van der Waals surface area (Å²) in [5, 5.41) is 0. The van der Waals surface area contributed by atoms with Crippen LogP contribution in [0.3, 0.4) is 0 Å². The maximum atomic E-state index is 2.00. The van der Waals surface area contributed by atoms with E-state index in [1.807, 2.05) is 13.8 Å². The molecule has 2 heteroatoms. The molecule has 0 unspecified atom stereocenters. The molecule has 5 heavy (non-hydrogen) atoms. The third-order valence-electron chi connectivity index (χ3n) is 0. The first-order valence-corrected chi connectivity index (χ1v) is 1.00. The first-order chi connectivity index (χ1) is 1.00. The molecule has 0 aromatic heterocycles. The summed E-state index contributed by atoms with van der Waals surface area (Å²) in [5.41, 5.74) is 0. The van der Waals surface area contributed by atoms with E-state index in [0.717, 1.165) is 0 Å². The third-order valence-corrected chi connectivity index (χ3v) is 0. The van der Waals surface area contributed by atoms with Crippen LogP contribution in [0.25, 0.3) is 6.15 Å². The van der Waals surface area contributed by atoms with E-state index >= 15 is 0 Å². The number of hydrogen-bond donors (Lipinski definition) is 0. The Morgan fingerprint density at radius 2 is 1.00 bits per heavy atom. The van der Waals surface area contributed by atoms with E-state index in [-0.39, 0.29) is 32.1 Å². The first-order valence-electron chi connectivity index (χ1n) is 1.00. The predicted octanol–water partition coefficient (Wildman–Crippen LogP) is 2.19. The average Bonchev–Trinajstić information content (AvgIpc) is 1.00. The van der Waals surface area contributed by atoms with Crippen molar-refractivity contribution < 1.29 is 18.6 Å². The summed E-state index contributed by atoms with van der Waals surface area (Å²) >= 11 is 0. The SMILES string of the molecule is CC.[CH3-].[NH2-].[V+2]. The van der Waals surface area contributed by atoms with Crippen LogP contribution < -0.4 is 0 Å². The molecular weight excluding hydrogens is 101 g/mol. The fourth-order valence-corrected chi connectivity index (χ4v) is 0. The monoisotopic (exact) mass is 112 g/mol. The molecule has 1 nitrogen and oxygen atoms in total. The zero-order valence-electron chi connectivity index (χ0n) is 4.02. The summed E-state index contributed by atoms with van der Waals surface area (Å²) in [5.74, 6) is 0. The molecule has 0 spiro atoms. The summed E-state index contributed by atoms with van der Waals surface area (Å²) < 4.78 is 0. The van der Waals surface area contributed by atoms with Gasteiger partial charge in [0.05, 0.1) is 0 Å². The van der Waals surface area contributed by atoms with Crippen molar-refractivity contribution in [3.63, 3.8) is 0 Å². The van der Waals surface area contributed by atoms with Gasteiger partial charge in [-0.3, -0.25) is 0 Å². The summed E-state index contributed by atoms with van der Waals surface area (Å²) in [4.78, 5) is 0. The molecular formula is C3H11NV. The van der Waals surface area contributed by atoms with Gasteiger partial charge in [0.2, 0.25) is 0 Å². The van der Waals surface area contributed by atoms with E-state index in [4.69, 9.17) is 0 Å². The normalized spacial score (nSPS) is 1.20. The zero-order valence-corrected chi connectivity index (χ0v) is 5.42. The molecule has 1 radical (unpaired) electrons. The van der Waals surface area contributed by atoms with E-state index in [9.17, 15) is 0 Å². The Bertz CT molecular complexity index is 6.85. The van der Waals surface area contributed by atoms with Gasteiger partial charge >= 0.3 is 18.6 Å². The van der Waals surface area contributed by atoms with Crippen LogP contribution in [0.5, 0.6) is 0 Å². The molecule has 0 amide bonds. The van der Waals surface area contributed by atoms with E-state index in [1.54, 1.807) is 0 Å². The van der Waals surface area contributed by atoms with Crippen molar-refractivity contribution in [3.8, 4) is 0 Å². The number of hydrogen-bond acceptors (Lipinski definition) is 0. The molecule has 2 N–H and O–H groups in total. The minimum absolute atomic E-state index is 0. The van der Waals surface area contributed by atoms with Crippen LogP contribution >= 0.6 is 0 Å². The maximum absolute atomic E-state index is 2.00. The van der Waals surface area contributed by atoms with E-state index < -0.39 is 0 Å². The molecule has 0 saturated carbocycles. The van der Waals surface area contributed by atoms with Crippen molar-refractivity contribution in [2.24, 2.45) is 0 Å². The fourth-order valence-electron chi connectivity index (χ4n) is 0. The van der Waals surface area contributed by atoms with Crippen LogP contribution in [0.2, 0.25) is 0 Å². The fraction of sp³-hybridized carbons (Fsp3) is 0.667. The minimum atomic E-state index is 0. The molecule has 0 rings (SSSR count). The summed E-state index contributed by atoms with van der Waals surface area (Å²) in [7, 11) is 0.